The Morgan fingerprint density at radius 3 is 2.74 bits per heavy atom. The molecule has 0 aliphatic rings. The molecule has 1 atom stereocenters. The van der Waals surface area contributed by atoms with Crippen LogP contribution in [0.15, 0.2) is 30.3 Å². The number of carboxylic acids is 1. The number of rotatable bonds is 6. The van der Waals surface area contributed by atoms with Crippen molar-refractivity contribution in [3.05, 3.63) is 41.7 Å². The van der Waals surface area contributed by atoms with Gasteiger partial charge >= 0.3 is 5.97 Å². The third-order valence-electron chi connectivity index (χ3n) is 2.34. The third-order valence-corrected chi connectivity index (χ3v) is 2.34. The fraction of sp³-hybridized carbons (Fsp3) is 0.231. The number of carbonyl (C=O) groups excluding carboxylic acids is 1. The van der Waals surface area contributed by atoms with Crippen LogP contribution in [-0.2, 0) is 14.3 Å². The fourth-order valence-electron chi connectivity index (χ4n) is 1.30. The van der Waals surface area contributed by atoms with Gasteiger partial charge in [-0.25, -0.2) is 9.18 Å². The highest BCUT2D eigenvalue weighted by atomic mass is 19.1. The van der Waals surface area contributed by atoms with E-state index >= 15 is 0 Å². The van der Waals surface area contributed by atoms with Gasteiger partial charge in [0.15, 0.2) is 6.10 Å². The summed E-state index contributed by atoms with van der Waals surface area (Å²) in [4.78, 5) is 22.0. The smallest absolute Gasteiger partial charge is 0.334 e. The predicted octanol–water partition coefficient (Wildman–Crippen LogP) is 1.05. The Balaban J connectivity index is 2.52. The zero-order valence-electron chi connectivity index (χ0n) is 10.3. The van der Waals surface area contributed by atoms with Crippen molar-refractivity contribution < 1.29 is 23.8 Å². The van der Waals surface area contributed by atoms with Crippen LogP contribution in [0.1, 0.15) is 5.56 Å². The van der Waals surface area contributed by atoms with Crippen LogP contribution in [0.2, 0.25) is 0 Å². The zero-order valence-corrected chi connectivity index (χ0v) is 10.3. The van der Waals surface area contributed by atoms with Crippen molar-refractivity contribution in [2.24, 2.45) is 0 Å². The minimum absolute atomic E-state index is 0.160. The molecular formula is C13H14FNO4. The van der Waals surface area contributed by atoms with Crippen LogP contribution in [0.5, 0.6) is 0 Å². The maximum absolute atomic E-state index is 13.2. The molecule has 102 valence electrons. The SMILES string of the molecule is COC(CNC(=O)/C=C/c1ccccc1F)C(=O)O. The molecule has 1 rings (SSSR count). The summed E-state index contributed by atoms with van der Waals surface area (Å²) in [6.45, 7) is -0.160. The average molecular weight is 267 g/mol. The van der Waals surface area contributed by atoms with Crippen LogP contribution in [0.3, 0.4) is 0 Å². The number of hydrogen-bond donors (Lipinski definition) is 2. The molecule has 0 bridgehead atoms. The first kappa shape index (κ1) is 14.8. The van der Waals surface area contributed by atoms with Crippen LogP contribution >= 0.6 is 0 Å². The number of amides is 1. The number of methoxy groups -OCH3 is 1. The summed E-state index contributed by atoms with van der Waals surface area (Å²) in [5, 5.41) is 11.0. The zero-order chi connectivity index (χ0) is 14.3. The van der Waals surface area contributed by atoms with Crippen LogP contribution in [-0.4, -0.2) is 36.7 Å². The van der Waals surface area contributed by atoms with E-state index in [0.29, 0.717) is 0 Å². The Labute approximate surface area is 109 Å². The molecule has 1 unspecified atom stereocenters. The second kappa shape index (κ2) is 7.27. The van der Waals surface area contributed by atoms with E-state index in [1.54, 1.807) is 12.1 Å². The summed E-state index contributed by atoms with van der Waals surface area (Å²) in [6.07, 6.45) is 1.34. The number of aliphatic carboxylic acids is 1. The molecule has 5 nitrogen and oxygen atoms in total. The van der Waals surface area contributed by atoms with E-state index in [4.69, 9.17) is 5.11 Å². The minimum Gasteiger partial charge on any atom is -0.479 e. The molecule has 0 aliphatic heterocycles. The maximum Gasteiger partial charge on any atom is 0.334 e. The number of carbonyl (C=O) groups is 2. The van der Waals surface area contributed by atoms with Crippen LogP contribution < -0.4 is 5.32 Å². The summed E-state index contributed by atoms with van der Waals surface area (Å²) in [5.74, 6) is -2.13. The lowest BCUT2D eigenvalue weighted by molar-refractivity contribution is -0.148. The lowest BCUT2D eigenvalue weighted by Crippen LogP contribution is -2.37. The number of benzene rings is 1. The van der Waals surface area contributed by atoms with Crippen molar-refractivity contribution in [3.63, 3.8) is 0 Å². The summed E-state index contributed by atoms with van der Waals surface area (Å²) in [7, 11) is 1.24. The van der Waals surface area contributed by atoms with Gasteiger partial charge < -0.3 is 15.2 Å². The topological polar surface area (TPSA) is 75.6 Å². The molecule has 0 fully saturated rings. The van der Waals surface area contributed by atoms with Gasteiger partial charge in [-0.3, -0.25) is 4.79 Å². The van der Waals surface area contributed by atoms with Gasteiger partial charge in [-0.2, -0.15) is 0 Å². The molecule has 0 saturated carbocycles. The molecule has 19 heavy (non-hydrogen) atoms. The van der Waals surface area contributed by atoms with Crippen LogP contribution in [0.25, 0.3) is 6.08 Å². The van der Waals surface area contributed by atoms with Gasteiger partial charge in [0.1, 0.15) is 5.82 Å². The highest BCUT2D eigenvalue weighted by Gasteiger charge is 2.16. The maximum atomic E-state index is 13.2. The molecule has 1 amide bonds. The summed E-state index contributed by atoms with van der Waals surface area (Å²) in [6, 6.07) is 5.99. The monoisotopic (exact) mass is 267 g/mol. The van der Waals surface area contributed by atoms with Gasteiger partial charge in [-0.1, -0.05) is 18.2 Å². The van der Waals surface area contributed by atoms with Crippen molar-refractivity contribution in [1.82, 2.24) is 5.32 Å². The van der Waals surface area contributed by atoms with E-state index in [1.807, 2.05) is 0 Å². The van der Waals surface area contributed by atoms with Gasteiger partial charge in [0.25, 0.3) is 0 Å². The molecule has 1 aromatic carbocycles. The average Bonchev–Trinajstić information content (AvgIpc) is 2.38. The quantitative estimate of drug-likeness (QED) is 0.755. The Kier molecular flexibility index (Phi) is 5.69. The molecule has 0 saturated heterocycles. The Morgan fingerprint density at radius 1 is 1.47 bits per heavy atom. The predicted molar refractivity (Wildman–Crippen MR) is 66.9 cm³/mol. The molecule has 1 aromatic rings. The summed E-state index contributed by atoms with van der Waals surface area (Å²) >= 11 is 0. The third kappa shape index (κ3) is 4.89. The second-order valence-electron chi connectivity index (χ2n) is 3.66. The first-order valence-electron chi connectivity index (χ1n) is 5.50. The van der Waals surface area contributed by atoms with E-state index in [-0.39, 0.29) is 12.1 Å². The van der Waals surface area contributed by atoms with E-state index in [1.165, 1.54) is 25.3 Å². The Hall–Kier alpha value is -2.21. The molecule has 0 radical (unpaired) electrons. The Morgan fingerprint density at radius 2 is 2.16 bits per heavy atom. The number of carboxylic acid groups (broad SMARTS) is 1. The van der Waals surface area contributed by atoms with Crippen molar-refractivity contribution in [2.75, 3.05) is 13.7 Å². The van der Waals surface area contributed by atoms with Crippen molar-refractivity contribution in [1.29, 1.82) is 0 Å². The number of hydrogen-bond acceptors (Lipinski definition) is 3. The highest BCUT2D eigenvalue weighted by molar-refractivity contribution is 5.92. The van der Waals surface area contributed by atoms with Crippen LogP contribution in [0, 0.1) is 5.82 Å². The molecule has 0 spiro atoms. The number of halogens is 1. The lowest BCUT2D eigenvalue weighted by atomic mass is 10.2. The van der Waals surface area contributed by atoms with Gasteiger partial charge in [0, 0.05) is 18.7 Å². The van der Waals surface area contributed by atoms with Crippen molar-refractivity contribution in [3.8, 4) is 0 Å². The number of nitrogens with one attached hydrogen (secondary N) is 1. The van der Waals surface area contributed by atoms with E-state index < -0.39 is 23.8 Å². The van der Waals surface area contributed by atoms with Gasteiger partial charge in [0.2, 0.25) is 5.91 Å². The van der Waals surface area contributed by atoms with Gasteiger partial charge in [0.05, 0.1) is 6.54 Å². The lowest BCUT2D eigenvalue weighted by Gasteiger charge is -2.10. The molecule has 0 heterocycles. The number of ether oxygens (including phenoxy) is 1. The summed E-state index contributed by atoms with van der Waals surface area (Å²) < 4.78 is 17.9. The van der Waals surface area contributed by atoms with Crippen molar-refractivity contribution >= 4 is 18.0 Å². The molecule has 2 N–H and O–H groups in total. The second-order valence-corrected chi connectivity index (χ2v) is 3.66. The normalized spacial score (nSPS) is 12.3. The molecule has 0 aromatic heterocycles. The van der Waals surface area contributed by atoms with E-state index in [0.717, 1.165) is 6.08 Å². The standard InChI is InChI=1S/C13H14FNO4/c1-19-11(13(17)18)8-15-12(16)7-6-9-4-2-3-5-10(9)14/h2-7,11H,8H2,1H3,(H,15,16)(H,17,18)/b7-6+. The first-order valence-corrected chi connectivity index (χ1v) is 5.50. The molecular weight excluding hydrogens is 253 g/mol. The summed E-state index contributed by atoms with van der Waals surface area (Å²) in [5.41, 5.74) is 0.277. The van der Waals surface area contributed by atoms with Crippen molar-refractivity contribution in [2.45, 2.75) is 6.10 Å². The highest BCUT2D eigenvalue weighted by Crippen LogP contribution is 2.07. The fourth-order valence-corrected chi connectivity index (χ4v) is 1.30. The van der Waals surface area contributed by atoms with Crippen LogP contribution in [0.4, 0.5) is 4.39 Å². The van der Waals surface area contributed by atoms with Gasteiger partial charge in [-0.15, -0.1) is 0 Å². The molecule has 0 aliphatic carbocycles. The minimum atomic E-state index is -1.17. The first-order chi connectivity index (χ1) is 9.04. The Bertz CT molecular complexity index is 487. The molecule has 6 heteroatoms. The van der Waals surface area contributed by atoms with E-state index in [2.05, 4.69) is 10.1 Å². The largest absolute Gasteiger partial charge is 0.479 e. The van der Waals surface area contributed by atoms with E-state index in [9.17, 15) is 14.0 Å². The van der Waals surface area contributed by atoms with Gasteiger partial charge in [-0.05, 0) is 12.1 Å².